The first-order chi connectivity index (χ1) is 8.01. The molecule has 2 fully saturated rings. The lowest BCUT2D eigenvalue weighted by molar-refractivity contribution is -0.0318. The van der Waals surface area contributed by atoms with Crippen LogP contribution in [0.2, 0.25) is 0 Å². The van der Waals surface area contributed by atoms with Crippen LogP contribution in [0.5, 0.6) is 0 Å². The molecule has 0 aliphatic heterocycles. The minimum atomic E-state index is -2.63. The Morgan fingerprint density at radius 2 is 2.06 bits per heavy atom. The van der Waals surface area contributed by atoms with Gasteiger partial charge in [0.05, 0.1) is 5.69 Å². The molecule has 17 heavy (non-hydrogen) atoms. The van der Waals surface area contributed by atoms with Crippen LogP contribution >= 0.6 is 0 Å². The minimum Gasteiger partial charge on any atom is -0.260 e. The summed E-state index contributed by atoms with van der Waals surface area (Å²) in [5, 5.41) is 4.50. The quantitative estimate of drug-likeness (QED) is 0.770. The van der Waals surface area contributed by atoms with Crippen LogP contribution in [0.15, 0.2) is 0 Å². The van der Waals surface area contributed by atoms with E-state index < -0.39 is 11.8 Å². The molecule has 0 bridgehead atoms. The lowest BCUT2D eigenvalue weighted by Gasteiger charge is -2.17. The number of alkyl halides is 2. The van der Waals surface area contributed by atoms with Gasteiger partial charge in [-0.25, -0.2) is 0 Å². The summed E-state index contributed by atoms with van der Waals surface area (Å²) in [6.45, 7) is 3.87. The van der Waals surface area contributed by atoms with E-state index in [0.29, 0.717) is 12.3 Å². The van der Waals surface area contributed by atoms with Gasteiger partial charge in [0.25, 0.3) is 5.92 Å². The topological polar surface area (TPSA) is 17.8 Å². The summed E-state index contributed by atoms with van der Waals surface area (Å²) in [7, 11) is 0. The van der Waals surface area contributed by atoms with Gasteiger partial charge in [-0.05, 0) is 39.0 Å². The summed E-state index contributed by atoms with van der Waals surface area (Å²) >= 11 is 0. The Kier molecular flexibility index (Phi) is 1.61. The zero-order valence-electron chi connectivity index (χ0n) is 10.1. The molecular weight excluding hydrogens is 222 g/mol. The van der Waals surface area contributed by atoms with E-state index in [2.05, 4.69) is 5.10 Å². The SMILES string of the molecule is CC(C)n1nc(C2CC2)c2c1C(F)(F)[C@@H]1C[C@H]21. The van der Waals surface area contributed by atoms with Gasteiger partial charge in [-0.15, -0.1) is 0 Å². The van der Waals surface area contributed by atoms with Crippen molar-refractivity contribution in [3.05, 3.63) is 17.0 Å². The third kappa shape index (κ3) is 1.11. The van der Waals surface area contributed by atoms with Gasteiger partial charge < -0.3 is 0 Å². The number of fused-ring (bicyclic) bond motifs is 3. The van der Waals surface area contributed by atoms with Crippen molar-refractivity contribution in [1.29, 1.82) is 0 Å². The highest BCUT2D eigenvalue weighted by molar-refractivity contribution is 5.48. The standard InChI is InChI=1S/C13H16F2N2/c1-6(2)17-12-10(11(16-17)7-3-4-7)8-5-9(8)13(12,14)15/h6-9H,3-5H2,1-2H3/t8-,9+/m0/s1. The second-order valence-electron chi connectivity index (χ2n) is 6.03. The minimum absolute atomic E-state index is 0.0274. The van der Waals surface area contributed by atoms with Gasteiger partial charge in [0, 0.05) is 23.4 Å². The summed E-state index contributed by atoms with van der Waals surface area (Å²) in [4.78, 5) is 0. The fourth-order valence-electron chi connectivity index (χ4n) is 3.28. The molecule has 4 rings (SSSR count). The van der Waals surface area contributed by atoms with Crippen LogP contribution in [0.25, 0.3) is 0 Å². The molecule has 0 radical (unpaired) electrons. The molecule has 2 nitrogen and oxygen atoms in total. The second kappa shape index (κ2) is 2.73. The zero-order valence-corrected chi connectivity index (χ0v) is 10.1. The lowest BCUT2D eigenvalue weighted by Crippen LogP contribution is -2.21. The van der Waals surface area contributed by atoms with Crippen molar-refractivity contribution in [2.45, 2.75) is 56.9 Å². The van der Waals surface area contributed by atoms with E-state index in [1.165, 1.54) is 0 Å². The van der Waals surface area contributed by atoms with Crippen LogP contribution in [-0.2, 0) is 5.92 Å². The largest absolute Gasteiger partial charge is 0.293 e. The Bertz CT molecular complexity index is 500. The molecule has 0 spiro atoms. The van der Waals surface area contributed by atoms with Crippen LogP contribution in [0, 0.1) is 5.92 Å². The van der Waals surface area contributed by atoms with Gasteiger partial charge in [0.1, 0.15) is 5.69 Å². The second-order valence-corrected chi connectivity index (χ2v) is 6.03. The van der Waals surface area contributed by atoms with Crippen LogP contribution in [0.4, 0.5) is 8.78 Å². The molecular formula is C13H16F2N2. The van der Waals surface area contributed by atoms with Crippen molar-refractivity contribution in [3.63, 3.8) is 0 Å². The van der Waals surface area contributed by atoms with Crippen LogP contribution in [0.3, 0.4) is 0 Å². The summed E-state index contributed by atoms with van der Waals surface area (Å²) in [5.74, 6) is -2.47. The van der Waals surface area contributed by atoms with E-state index >= 15 is 0 Å². The zero-order chi connectivity index (χ0) is 11.9. The number of nitrogens with zero attached hydrogens (tertiary/aromatic N) is 2. The van der Waals surface area contributed by atoms with E-state index in [0.717, 1.165) is 24.1 Å². The van der Waals surface area contributed by atoms with E-state index in [1.807, 2.05) is 13.8 Å². The molecule has 1 heterocycles. The highest BCUT2D eigenvalue weighted by Gasteiger charge is 2.67. The van der Waals surface area contributed by atoms with Gasteiger partial charge in [0.15, 0.2) is 0 Å². The summed E-state index contributed by atoms with van der Waals surface area (Å²) < 4.78 is 30.1. The normalized spacial score (nSPS) is 32.8. The summed E-state index contributed by atoms with van der Waals surface area (Å²) in [5.41, 5.74) is 2.17. The van der Waals surface area contributed by atoms with Gasteiger partial charge in [-0.3, -0.25) is 4.68 Å². The highest BCUT2D eigenvalue weighted by Crippen LogP contribution is 2.69. The first kappa shape index (κ1) is 10.0. The predicted molar refractivity (Wildman–Crippen MR) is 59.3 cm³/mol. The van der Waals surface area contributed by atoms with Crippen molar-refractivity contribution in [1.82, 2.24) is 9.78 Å². The first-order valence-corrected chi connectivity index (χ1v) is 6.52. The van der Waals surface area contributed by atoms with E-state index in [-0.39, 0.29) is 17.7 Å². The maximum Gasteiger partial charge on any atom is 0.293 e. The van der Waals surface area contributed by atoms with E-state index in [1.54, 1.807) is 4.68 Å². The van der Waals surface area contributed by atoms with Gasteiger partial charge >= 0.3 is 0 Å². The number of hydrogen-bond acceptors (Lipinski definition) is 1. The smallest absolute Gasteiger partial charge is 0.260 e. The van der Waals surface area contributed by atoms with E-state index in [9.17, 15) is 8.78 Å². The van der Waals surface area contributed by atoms with E-state index in [4.69, 9.17) is 0 Å². The van der Waals surface area contributed by atoms with Crippen molar-refractivity contribution < 1.29 is 8.78 Å². The Morgan fingerprint density at radius 1 is 1.35 bits per heavy atom. The Morgan fingerprint density at radius 3 is 2.65 bits per heavy atom. The summed E-state index contributed by atoms with van der Waals surface area (Å²) in [6, 6.07) is 0.0274. The fourth-order valence-corrected chi connectivity index (χ4v) is 3.28. The Labute approximate surface area is 99.0 Å². The molecule has 0 saturated heterocycles. The maximum atomic E-state index is 14.2. The molecule has 92 valence electrons. The molecule has 2 atom stereocenters. The van der Waals surface area contributed by atoms with Gasteiger partial charge in [-0.2, -0.15) is 13.9 Å². The fraction of sp³-hybridized carbons (Fsp3) is 0.769. The molecule has 0 amide bonds. The van der Waals surface area contributed by atoms with Crippen LogP contribution in [-0.4, -0.2) is 9.78 Å². The number of aromatic nitrogens is 2. The molecule has 4 heteroatoms. The monoisotopic (exact) mass is 238 g/mol. The van der Waals surface area contributed by atoms with Crippen molar-refractivity contribution in [2.75, 3.05) is 0 Å². The first-order valence-electron chi connectivity index (χ1n) is 6.52. The Hall–Kier alpha value is -0.930. The molecule has 0 aromatic carbocycles. The number of hydrogen-bond donors (Lipinski definition) is 0. The molecule has 1 aromatic heterocycles. The lowest BCUT2D eigenvalue weighted by atomic mass is 10.1. The predicted octanol–water partition coefficient (Wildman–Crippen LogP) is 3.55. The van der Waals surface area contributed by atoms with Gasteiger partial charge in [0.2, 0.25) is 0 Å². The molecule has 3 aliphatic carbocycles. The molecule has 0 N–H and O–H groups in total. The number of rotatable bonds is 2. The van der Waals surface area contributed by atoms with Crippen molar-refractivity contribution in [3.8, 4) is 0 Å². The maximum absolute atomic E-state index is 14.2. The summed E-state index contributed by atoms with van der Waals surface area (Å²) in [6.07, 6.45) is 2.93. The molecule has 0 unspecified atom stereocenters. The molecule has 3 aliphatic rings. The van der Waals surface area contributed by atoms with Crippen LogP contribution < -0.4 is 0 Å². The average Bonchev–Trinajstić information content (AvgIpc) is 3.13. The third-order valence-corrected chi connectivity index (χ3v) is 4.37. The Balaban J connectivity index is 1.95. The van der Waals surface area contributed by atoms with Crippen LogP contribution in [0.1, 0.15) is 67.9 Å². The van der Waals surface area contributed by atoms with Gasteiger partial charge in [-0.1, -0.05) is 0 Å². The highest BCUT2D eigenvalue weighted by atomic mass is 19.3. The molecule has 2 saturated carbocycles. The van der Waals surface area contributed by atoms with Crippen molar-refractivity contribution in [2.24, 2.45) is 5.92 Å². The molecule has 1 aromatic rings. The third-order valence-electron chi connectivity index (χ3n) is 4.37. The number of halogens is 2. The van der Waals surface area contributed by atoms with Crippen molar-refractivity contribution >= 4 is 0 Å². The average molecular weight is 238 g/mol.